The minimum atomic E-state index is -4.74. The van der Waals surface area contributed by atoms with Crippen LogP contribution in [0.4, 0.5) is 13.2 Å². The lowest BCUT2D eigenvalue weighted by atomic mass is 10.3. The Morgan fingerprint density at radius 3 is 1.56 bits per heavy atom. The van der Waals surface area contributed by atoms with Crippen molar-refractivity contribution in [3.05, 3.63) is 0 Å². The van der Waals surface area contributed by atoms with Gasteiger partial charge in [-0.1, -0.05) is 0 Å². The summed E-state index contributed by atoms with van der Waals surface area (Å²) in [7, 11) is 0. The average Bonchev–Trinajstić information content (AvgIpc) is 1.62. The SMILES string of the molecule is NC(C(O)O)C(F)(F)F. The molecule has 1 atom stereocenters. The molecule has 0 aromatic rings. The molecule has 0 aromatic carbocycles. The van der Waals surface area contributed by atoms with Crippen LogP contribution in [0.25, 0.3) is 0 Å². The van der Waals surface area contributed by atoms with Crippen LogP contribution in [0.5, 0.6) is 0 Å². The molecular formula is C3H6F3NO2. The summed E-state index contributed by atoms with van der Waals surface area (Å²) in [6.45, 7) is 0. The minimum absolute atomic E-state index is 2.54. The molecule has 56 valence electrons. The van der Waals surface area contributed by atoms with Crippen LogP contribution in [0.15, 0.2) is 0 Å². The zero-order chi connectivity index (χ0) is 7.65. The highest BCUT2D eigenvalue weighted by Crippen LogP contribution is 2.19. The predicted molar refractivity (Wildman–Crippen MR) is 22.3 cm³/mol. The van der Waals surface area contributed by atoms with Crippen molar-refractivity contribution in [2.45, 2.75) is 18.5 Å². The van der Waals surface area contributed by atoms with Crippen LogP contribution < -0.4 is 5.73 Å². The Hall–Kier alpha value is -0.330. The first-order valence-corrected chi connectivity index (χ1v) is 2.04. The van der Waals surface area contributed by atoms with Gasteiger partial charge in [0.1, 0.15) is 0 Å². The minimum Gasteiger partial charge on any atom is -0.366 e. The summed E-state index contributed by atoms with van der Waals surface area (Å²) in [5, 5.41) is 15.7. The fourth-order valence-electron chi connectivity index (χ4n) is 0.169. The smallest absolute Gasteiger partial charge is 0.366 e. The number of aliphatic hydroxyl groups excluding tert-OH is 1. The number of alkyl halides is 3. The van der Waals surface area contributed by atoms with Crippen LogP contribution in [0, 0.1) is 0 Å². The van der Waals surface area contributed by atoms with E-state index in [1.165, 1.54) is 0 Å². The molecule has 0 saturated carbocycles. The lowest BCUT2D eigenvalue weighted by molar-refractivity contribution is -0.204. The van der Waals surface area contributed by atoms with Crippen molar-refractivity contribution < 1.29 is 23.4 Å². The summed E-state index contributed by atoms with van der Waals surface area (Å²) < 4.78 is 33.8. The van der Waals surface area contributed by atoms with Gasteiger partial charge in [-0.25, -0.2) is 0 Å². The molecule has 0 radical (unpaired) electrons. The number of hydrogen-bond donors (Lipinski definition) is 3. The molecule has 0 aliphatic carbocycles. The maximum Gasteiger partial charge on any atom is 0.408 e. The lowest BCUT2D eigenvalue weighted by Crippen LogP contribution is -2.46. The van der Waals surface area contributed by atoms with Crippen molar-refractivity contribution in [3.63, 3.8) is 0 Å². The van der Waals surface area contributed by atoms with Gasteiger partial charge in [0.05, 0.1) is 0 Å². The Morgan fingerprint density at radius 1 is 1.22 bits per heavy atom. The zero-order valence-corrected chi connectivity index (χ0v) is 4.26. The molecule has 9 heavy (non-hydrogen) atoms. The Labute approximate surface area is 48.9 Å². The third kappa shape index (κ3) is 2.64. The summed E-state index contributed by atoms with van der Waals surface area (Å²) in [5.74, 6) is 0. The van der Waals surface area contributed by atoms with Gasteiger partial charge < -0.3 is 15.9 Å². The second kappa shape index (κ2) is 2.51. The van der Waals surface area contributed by atoms with Crippen molar-refractivity contribution in [2.75, 3.05) is 0 Å². The van der Waals surface area contributed by atoms with Crippen molar-refractivity contribution >= 4 is 0 Å². The van der Waals surface area contributed by atoms with E-state index in [1.807, 2.05) is 0 Å². The summed E-state index contributed by atoms with van der Waals surface area (Å²) in [6.07, 6.45) is -7.28. The van der Waals surface area contributed by atoms with Crippen LogP contribution in [-0.2, 0) is 0 Å². The third-order valence-electron chi connectivity index (χ3n) is 0.699. The van der Waals surface area contributed by atoms with Gasteiger partial charge in [0.25, 0.3) is 0 Å². The molecule has 1 unspecified atom stereocenters. The Balaban J connectivity index is 3.88. The largest absolute Gasteiger partial charge is 0.408 e. The van der Waals surface area contributed by atoms with Crippen molar-refractivity contribution in [3.8, 4) is 0 Å². The van der Waals surface area contributed by atoms with Gasteiger partial charge in [-0.15, -0.1) is 0 Å². The second-order valence-corrected chi connectivity index (χ2v) is 1.48. The number of hydrogen-bond acceptors (Lipinski definition) is 3. The molecule has 0 rings (SSSR count). The standard InChI is InChI=1S/C3H6F3NO2/c4-3(5,6)1(7)2(8)9/h1-2,8-9H,7H2. The molecule has 0 aliphatic rings. The number of rotatable bonds is 1. The highest BCUT2D eigenvalue weighted by Gasteiger charge is 2.40. The normalized spacial score (nSPS) is 16.3. The highest BCUT2D eigenvalue weighted by atomic mass is 19.4. The van der Waals surface area contributed by atoms with Gasteiger partial charge in [0.15, 0.2) is 12.3 Å². The van der Waals surface area contributed by atoms with Crippen molar-refractivity contribution in [1.82, 2.24) is 0 Å². The number of nitrogens with two attached hydrogens (primary N) is 1. The molecule has 0 amide bonds. The van der Waals surface area contributed by atoms with E-state index in [9.17, 15) is 13.2 Å². The van der Waals surface area contributed by atoms with Gasteiger partial charge in [-0.05, 0) is 0 Å². The molecule has 0 aliphatic heterocycles. The molecule has 6 heteroatoms. The summed E-state index contributed by atoms with van der Waals surface area (Å²) in [5.41, 5.74) is 4.27. The molecule has 0 spiro atoms. The molecule has 0 heterocycles. The first-order chi connectivity index (χ1) is 3.85. The van der Waals surface area contributed by atoms with Crippen LogP contribution >= 0.6 is 0 Å². The van der Waals surface area contributed by atoms with E-state index in [1.54, 1.807) is 0 Å². The predicted octanol–water partition coefficient (Wildman–Crippen LogP) is -0.813. The van der Waals surface area contributed by atoms with Gasteiger partial charge in [-0.3, -0.25) is 0 Å². The monoisotopic (exact) mass is 145 g/mol. The van der Waals surface area contributed by atoms with Gasteiger partial charge >= 0.3 is 6.18 Å². The lowest BCUT2D eigenvalue weighted by Gasteiger charge is -2.16. The molecule has 3 nitrogen and oxygen atoms in total. The van der Waals surface area contributed by atoms with E-state index < -0.39 is 18.5 Å². The average molecular weight is 145 g/mol. The van der Waals surface area contributed by atoms with E-state index in [-0.39, 0.29) is 0 Å². The van der Waals surface area contributed by atoms with Crippen LogP contribution in [0.1, 0.15) is 0 Å². The van der Waals surface area contributed by atoms with E-state index in [0.717, 1.165) is 0 Å². The summed E-state index contributed by atoms with van der Waals surface area (Å²) in [4.78, 5) is 0. The van der Waals surface area contributed by atoms with Gasteiger partial charge in [0, 0.05) is 0 Å². The first-order valence-electron chi connectivity index (χ1n) is 2.04. The summed E-state index contributed by atoms with van der Waals surface area (Å²) in [6, 6.07) is -2.57. The molecule has 4 N–H and O–H groups in total. The maximum atomic E-state index is 11.3. The molecule has 0 saturated heterocycles. The Kier molecular flexibility index (Phi) is 2.41. The van der Waals surface area contributed by atoms with E-state index in [2.05, 4.69) is 5.73 Å². The fourth-order valence-corrected chi connectivity index (χ4v) is 0.169. The molecule has 0 fully saturated rings. The topological polar surface area (TPSA) is 66.5 Å². The van der Waals surface area contributed by atoms with Crippen LogP contribution in [-0.4, -0.2) is 28.7 Å². The second-order valence-electron chi connectivity index (χ2n) is 1.48. The Morgan fingerprint density at radius 2 is 1.56 bits per heavy atom. The van der Waals surface area contributed by atoms with E-state index in [4.69, 9.17) is 10.2 Å². The van der Waals surface area contributed by atoms with Crippen molar-refractivity contribution in [1.29, 1.82) is 0 Å². The summed E-state index contributed by atoms with van der Waals surface area (Å²) >= 11 is 0. The van der Waals surface area contributed by atoms with Gasteiger partial charge in [0.2, 0.25) is 0 Å². The van der Waals surface area contributed by atoms with Crippen molar-refractivity contribution in [2.24, 2.45) is 5.73 Å². The van der Waals surface area contributed by atoms with Crippen LogP contribution in [0.3, 0.4) is 0 Å². The van der Waals surface area contributed by atoms with Crippen LogP contribution in [0.2, 0.25) is 0 Å². The quantitative estimate of drug-likeness (QED) is 0.422. The van der Waals surface area contributed by atoms with Gasteiger partial charge in [-0.2, -0.15) is 13.2 Å². The molecule has 0 bridgehead atoms. The third-order valence-corrected chi connectivity index (χ3v) is 0.699. The molecule has 0 aromatic heterocycles. The first kappa shape index (κ1) is 8.67. The number of halogens is 3. The van der Waals surface area contributed by atoms with E-state index in [0.29, 0.717) is 0 Å². The number of aliphatic hydroxyl groups is 2. The highest BCUT2D eigenvalue weighted by molar-refractivity contribution is 4.71. The maximum absolute atomic E-state index is 11.3. The Bertz CT molecular complexity index is 91.5. The fraction of sp³-hybridized carbons (Fsp3) is 1.00. The zero-order valence-electron chi connectivity index (χ0n) is 4.26. The van der Waals surface area contributed by atoms with E-state index >= 15 is 0 Å². The molecular weight excluding hydrogens is 139 g/mol.